The molecule has 0 aliphatic heterocycles. The van der Waals surface area contributed by atoms with E-state index < -0.39 is 17.8 Å². The fourth-order valence-electron chi connectivity index (χ4n) is 3.24. The molecule has 0 fully saturated rings. The lowest BCUT2D eigenvalue weighted by Crippen LogP contribution is -2.34. The Morgan fingerprint density at radius 2 is 1.96 bits per heavy atom. The lowest BCUT2D eigenvalue weighted by molar-refractivity contribution is -0.141. The van der Waals surface area contributed by atoms with Crippen LogP contribution in [-0.2, 0) is 22.6 Å². The fourth-order valence-corrected chi connectivity index (χ4v) is 3.24. The zero-order valence-corrected chi connectivity index (χ0v) is 15.9. The van der Waals surface area contributed by atoms with Gasteiger partial charge in [0.2, 0.25) is 0 Å². The first kappa shape index (κ1) is 19.6. The summed E-state index contributed by atoms with van der Waals surface area (Å²) in [7, 11) is 1.55. The van der Waals surface area contributed by atoms with Gasteiger partial charge in [0.15, 0.2) is 5.76 Å². The van der Waals surface area contributed by atoms with Gasteiger partial charge < -0.3 is 19.6 Å². The minimum absolute atomic E-state index is 0.00553. The van der Waals surface area contributed by atoms with E-state index in [1.807, 2.05) is 49.4 Å². The molecule has 146 valence electrons. The molecule has 6 nitrogen and oxygen atoms in total. The molecule has 0 bridgehead atoms. The van der Waals surface area contributed by atoms with Crippen LogP contribution in [0.2, 0.25) is 0 Å². The molecule has 0 radical (unpaired) electrons. The van der Waals surface area contributed by atoms with Gasteiger partial charge in [-0.25, -0.2) is 0 Å². The number of ether oxygens (including phenoxy) is 1. The van der Waals surface area contributed by atoms with Crippen molar-refractivity contribution in [2.75, 3.05) is 13.7 Å². The Hall–Kier alpha value is -3.12. The van der Waals surface area contributed by atoms with E-state index in [1.54, 1.807) is 13.2 Å². The van der Waals surface area contributed by atoms with Gasteiger partial charge in [-0.1, -0.05) is 48.0 Å². The van der Waals surface area contributed by atoms with Gasteiger partial charge in [0.25, 0.3) is 5.91 Å². The van der Waals surface area contributed by atoms with E-state index in [0.717, 1.165) is 16.5 Å². The number of carbonyl (C=O) groups is 2. The van der Waals surface area contributed by atoms with Crippen molar-refractivity contribution in [2.24, 2.45) is 5.92 Å². The van der Waals surface area contributed by atoms with Gasteiger partial charge in [-0.3, -0.25) is 9.59 Å². The maximum atomic E-state index is 12.7. The van der Waals surface area contributed by atoms with Crippen LogP contribution in [0.3, 0.4) is 0 Å². The highest BCUT2D eigenvalue weighted by atomic mass is 16.5. The van der Waals surface area contributed by atoms with E-state index in [1.165, 1.54) is 0 Å². The molecule has 0 aliphatic carbocycles. The van der Waals surface area contributed by atoms with Gasteiger partial charge in [0, 0.05) is 24.6 Å². The van der Waals surface area contributed by atoms with E-state index in [2.05, 4.69) is 5.32 Å². The number of nitrogens with one attached hydrogen (secondary N) is 1. The Labute approximate surface area is 163 Å². The van der Waals surface area contributed by atoms with Crippen molar-refractivity contribution < 1.29 is 23.8 Å². The smallest absolute Gasteiger partial charge is 0.308 e. The second kappa shape index (κ2) is 8.71. The lowest BCUT2D eigenvalue weighted by Gasteiger charge is -2.14. The van der Waals surface area contributed by atoms with Crippen LogP contribution in [0.5, 0.6) is 0 Å². The van der Waals surface area contributed by atoms with Gasteiger partial charge in [-0.15, -0.1) is 0 Å². The summed E-state index contributed by atoms with van der Waals surface area (Å²) in [4.78, 5) is 24.3. The third-order valence-corrected chi connectivity index (χ3v) is 4.62. The minimum Gasteiger partial charge on any atom is -0.481 e. The second-order valence-corrected chi connectivity index (χ2v) is 6.78. The highest BCUT2D eigenvalue weighted by Crippen LogP contribution is 2.26. The lowest BCUT2D eigenvalue weighted by atomic mass is 9.98. The van der Waals surface area contributed by atoms with Crippen LogP contribution in [0.25, 0.3) is 11.0 Å². The summed E-state index contributed by atoms with van der Waals surface area (Å²) in [6.45, 7) is 2.19. The summed E-state index contributed by atoms with van der Waals surface area (Å²) in [6.07, 6.45) is 0.336. The highest BCUT2D eigenvalue weighted by molar-refractivity contribution is 5.99. The van der Waals surface area contributed by atoms with Gasteiger partial charge in [0.05, 0.1) is 12.5 Å². The predicted octanol–water partition coefficient (Wildman–Crippen LogP) is 3.56. The molecule has 0 aliphatic rings. The first-order chi connectivity index (χ1) is 13.5. The Balaban J connectivity index is 1.75. The van der Waals surface area contributed by atoms with E-state index >= 15 is 0 Å². The first-order valence-corrected chi connectivity index (χ1v) is 9.05. The molecular formula is C22H23NO5. The van der Waals surface area contributed by atoms with Crippen molar-refractivity contribution in [2.45, 2.75) is 20.0 Å². The molecule has 0 saturated heterocycles. The maximum absolute atomic E-state index is 12.7. The zero-order valence-electron chi connectivity index (χ0n) is 15.9. The van der Waals surface area contributed by atoms with E-state index in [9.17, 15) is 14.7 Å². The topological polar surface area (TPSA) is 88.8 Å². The predicted molar refractivity (Wildman–Crippen MR) is 105 cm³/mol. The molecule has 28 heavy (non-hydrogen) atoms. The number of hydrogen-bond donors (Lipinski definition) is 2. The quantitative estimate of drug-likeness (QED) is 0.623. The van der Waals surface area contributed by atoms with E-state index in [0.29, 0.717) is 17.6 Å². The number of amides is 1. The molecule has 1 aromatic heterocycles. The van der Waals surface area contributed by atoms with Crippen molar-refractivity contribution in [3.05, 3.63) is 71.0 Å². The number of aliphatic carboxylic acids is 1. The third kappa shape index (κ3) is 4.40. The maximum Gasteiger partial charge on any atom is 0.308 e. The first-order valence-electron chi connectivity index (χ1n) is 9.05. The summed E-state index contributed by atoms with van der Waals surface area (Å²) in [5.74, 6) is -1.98. The van der Waals surface area contributed by atoms with Gasteiger partial charge >= 0.3 is 5.97 Å². The number of methoxy groups -OCH3 is 1. The summed E-state index contributed by atoms with van der Waals surface area (Å²) in [6, 6.07) is 15.0. The minimum atomic E-state index is -0.955. The molecule has 3 aromatic rings. The van der Waals surface area contributed by atoms with Crippen LogP contribution in [0, 0.1) is 12.8 Å². The third-order valence-electron chi connectivity index (χ3n) is 4.62. The normalized spacial score (nSPS) is 12.1. The summed E-state index contributed by atoms with van der Waals surface area (Å²) in [5.41, 5.74) is 3.23. The number of benzene rings is 2. The van der Waals surface area contributed by atoms with Crippen molar-refractivity contribution in [1.82, 2.24) is 5.32 Å². The molecule has 1 amide bonds. The van der Waals surface area contributed by atoms with Crippen LogP contribution >= 0.6 is 0 Å². The molecule has 6 heteroatoms. The van der Waals surface area contributed by atoms with Crippen LogP contribution in [0.1, 0.15) is 27.2 Å². The molecule has 1 atom stereocenters. The molecule has 2 aromatic carbocycles. The average Bonchev–Trinajstić information content (AvgIpc) is 3.04. The summed E-state index contributed by atoms with van der Waals surface area (Å²) >= 11 is 0. The number of carbonyl (C=O) groups excluding carboxylic acids is 1. The highest BCUT2D eigenvalue weighted by Gasteiger charge is 2.23. The SMILES string of the molecule is COCc1c(C(=O)NCC(Cc2cccc(C)c2)C(=O)O)oc2ccccc12. The van der Waals surface area contributed by atoms with E-state index in [4.69, 9.17) is 9.15 Å². The number of rotatable bonds is 8. The standard InChI is InChI=1S/C22H23NO5/c1-14-6-5-7-15(10-14)11-16(22(25)26)12-23-21(24)20-18(13-27-2)17-8-3-4-9-19(17)28-20/h3-10,16H,11-13H2,1-2H3,(H,23,24)(H,25,26). The van der Waals surface area contributed by atoms with Crippen LogP contribution in [0.15, 0.2) is 52.9 Å². The van der Waals surface area contributed by atoms with Gasteiger partial charge in [-0.2, -0.15) is 0 Å². The molecule has 2 N–H and O–H groups in total. The monoisotopic (exact) mass is 381 g/mol. The summed E-state index contributed by atoms with van der Waals surface area (Å²) < 4.78 is 10.9. The van der Waals surface area contributed by atoms with Crippen LogP contribution < -0.4 is 5.32 Å². The summed E-state index contributed by atoms with van der Waals surface area (Å²) in [5, 5.41) is 13.1. The van der Waals surface area contributed by atoms with Gasteiger partial charge in [-0.05, 0) is 25.0 Å². The number of carboxylic acid groups (broad SMARTS) is 1. The Bertz CT molecular complexity index is 992. The number of hydrogen-bond acceptors (Lipinski definition) is 4. The van der Waals surface area contributed by atoms with Crippen molar-refractivity contribution in [3.63, 3.8) is 0 Å². The zero-order chi connectivity index (χ0) is 20.1. The van der Waals surface area contributed by atoms with Crippen molar-refractivity contribution in [3.8, 4) is 0 Å². The van der Waals surface area contributed by atoms with Crippen molar-refractivity contribution >= 4 is 22.8 Å². The molecule has 3 rings (SSSR count). The number of carboxylic acids is 1. The Morgan fingerprint density at radius 3 is 2.68 bits per heavy atom. The molecule has 1 heterocycles. The second-order valence-electron chi connectivity index (χ2n) is 6.78. The Morgan fingerprint density at radius 1 is 1.18 bits per heavy atom. The van der Waals surface area contributed by atoms with Gasteiger partial charge in [0.1, 0.15) is 5.58 Å². The van der Waals surface area contributed by atoms with Crippen LogP contribution in [0.4, 0.5) is 0 Å². The van der Waals surface area contributed by atoms with Crippen LogP contribution in [-0.4, -0.2) is 30.6 Å². The fraction of sp³-hybridized carbons (Fsp3) is 0.273. The van der Waals surface area contributed by atoms with E-state index in [-0.39, 0.29) is 18.9 Å². The molecule has 0 saturated carbocycles. The Kier molecular flexibility index (Phi) is 6.11. The number of aryl methyl sites for hydroxylation is 1. The number of furan rings is 1. The van der Waals surface area contributed by atoms with Crippen molar-refractivity contribution in [1.29, 1.82) is 0 Å². The average molecular weight is 381 g/mol. The number of para-hydroxylation sites is 1. The largest absolute Gasteiger partial charge is 0.481 e. The molecule has 0 spiro atoms. The number of fused-ring (bicyclic) bond motifs is 1. The molecule has 1 unspecified atom stereocenters. The molecular weight excluding hydrogens is 358 g/mol.